The van der Waals surface area contributed by atoms with E-state index in [-0.39, 0.29) is 42.0 Å². The Labute approximate surface area is 246 Å². The van der Waals surface area contributed by atoms with Crippen LogP contribution in [0.2, 0.25) is 0 Å². The van der Waals surface area contributed by atoms with Gasteiger partial charge in [-0.25, -0.2) is 18.6 Å². The number of alkyl halides is 3. The minimum atomic E-state index is -5.08. The molecule has 1 heterocycles. The molecule has 0 fully saturated rings. The number of nitro groups is 1. The van der Waals surface area contributed by atoms with Crippen molar-refractivity contribution in [3.05, 3.63) is 93.8 Å². The highest BCUT2D eigenvalue weighted by Crippen LogP contribution is 2.27. The number of halogens is 5. The van der Waals surface area contributed by atoms with Crippen molar-refractivity contribution in [2.45, 2.75) is 31.6 Å². The molecule has 11 nitrogen and oxygen atoms in total. The first-order valence-electron chi connectivity index (χ1n) is 12.9. The minimum absolute atomic E-state index is 0.00295. The summed E-state index contributed by atoms with van der Waals surface area (Å²) in [5, 5.41) is 21.1. The molecule has 234 valence electrons. The van der Waals surface area contributed by atoms with Gasteiger partial charge in [-0.15, -0.1) is 0 Å². The predicted molar refractivity (Wildman–Crippen MR) is 150 cm³/mol. The first-order valence-corrected chi connectivity index (χ1v) is 12.9. The van der Waals surface area contributed by atoms with E-state index in [1.807, 2.05) is 0 Å². The topological polar surface area (TPSA) is 179 Å². The number of rotatable bonds is 10. The van der Waals surface area contributed by atoms with Gasteiger partial charge in [-0.2, -0.15) is 13.2 Å². The van der Waals surface area contributed by atoms with E-state index in [0.717, 1.165) is 29.3 Å². The third-order valence-electron chi connectivity index (χ3n) is 6.24. The van der Waals surface area contributed by atoms with Crippen LogP contribution in [0.15, 0.2) is 60.7 Å². The van der Waals surface area contributed by atoms with Crippen LogP contribution >= 0.6 is 0 Å². The summed E-state index contributed by atoms with van der Waals surface area (Å²) in [5.74, 6) is -4.30. The molecule has 0 spiro atoms. The Balaban J connectivity index is 0.000000676. The number of non-ortho nitro benzene ring substituents is 1. The summed E-state index contributed by atoms with van der Waals surface area (Å²) in [7, 11) is 0. The number of nitrogens with zero attached hydrogens (tertiary/aromatic N) is 3. The molecule has 0 bridgehead atoms. The van der Waals surface area contributed by atoms with E-state index in [4.69, 9.17) is 21.4 Å². The maximum Gasteiger partial charge on any atom is 0.490 e. The van der Waals surface area contributed by atoms with Gasteiger partial charge < -0.3 is 26.5 Å². The summed E-state index contributed by atoms with van der Waals surface area (Å²) in [6.07, 6.45) is -3.74. The average Bonchev–Trinajstić information content (AvgIpc) is 3.33. The first kappa shape index (κ1) is 33.5. The van der Waals surface area contributed by atoms with Gasteiger partial charge in [-0.1, -0.05) is 18.2 Å². The number of amides is 1. The number of hydrogen-bond donors (Lipinski definition) is 4. The van der Waals surface area contributed by atoms with Crippen molar-refractivity contribution < 1.29 is 41.6 Å². The lowest BCUT2D eigenvalue weighted by molar-refractivity contribution is -0.385. The van der Waals surface area contributed by atoms with Crippen LogP contribution in [0.25, 0.3) is 22.2 Å². The van der Waals surface area contributed by atoms with E-state index < -0.39 is 28.8 Å². The molecule has 1 aromatic heterocycles. The van der Waals surface area contributed by atoms with E-state index in [1.54, 1.807) is 30.3 Å². The third kappa shape index (κ3) is 8.78. The molecule has 0 aliphatic heterocycles. The third-order valence-corrected chi connectivity index (χ3v) is 6.24. The second-order valence-corrected chi connectivity index (χ2v) is 9.47. The van der Waals surface area contributed by atoms with Gasteiger partial charge >= 0.3 is 12.1 Å². The molecule has 44 heavy (non-hydrogen) atoms. The maximum atomic E-state index is 14.7. The van der Waals surface area contributed by atoms with Gasteiger partial charge in [0.2, 0.25) is 0 Å². The van der Waals surface area contributed by atoms with Gasteiger partial charge in [0.15, 0.2) is 5.82 Å². The smallest absolute Gasteiger partial charge is 0.475 e. The Hall–Kier alpha value is -4.96. The van der Waals surface area contributed by atoms with E-state index in [0.29, 0.717) is 30.4 Å². The molecule has 1 atom stereocenters. The largest absolute Gasteiger partial charge is 0.490 e. The second-order valence-electron chi connectivity index (χ2n) is 9.47. The van der Waals surface area contributed by atoms with Gasteiger partial charge in [0.25, 0.3) is 11.6 Å². The van der Waals surface area contributed by atoms with Crippen LogP contribution < -0.4 is 16.8 Å². The Kier molecular flexibility index (Phi) is 11.0. The molecule has 16 heteroatoms. The zero-order valence-electron chi connectivity index (χ0n) is 22.9. The normalized spacial score (nSPS) is 11.9. The summed E-state index contributed by atoms with van der Waals surface area (Å²) in [6, 6.07) is 14.1. The maximum absolute atomic E-state index is 14.7. The van der Waals surface area contributed by atoms with Crippen LogP contribution in [0.4, 0.5) is 27.6 Å². The van der Waals surface area contributed by atoms with Crippen LogP contribution in [0.1, 0.15) is 29.0 Å². The van der Waals surface area contributed by atoms with E-state index in [1.165, 1.54) is 16.7 Å². The lowest BCUT2D eigenvalue weighted by Crippen LogP contribution is -2.38. The number of carbonyl (C=O) groups excluding carboxylic acids is 1. The average molecular weight is 623 g/mol. The molecule has 6 N–H and O–H groups in total. The highest BCUT2D eigenvalue weighted by atomic mass is 19.4. The predicted octanol–water partition coefficient (Wildman–Crippen LogP) is 4.37. The lowest BCUT2D eigenvalue weighted by atomic mass is 10.1. The second kappa shape index (κ2) is 14.5. The SMILES string of the molecule is NCCC[C@H](N)CNC(=O)c1nc2ccc(-c3ccc(F)cc3)cc2n1Cc1cc([N+](=O)[O-])ccc1F.O=C(O)C(F)(F)F. The molecule has 0 aliphatic carbocycles. The molecule has 4 aromatic rings. The Morgan fingerprint density at radius 2 is 1.68 bits per heavy atom. The van der Waals surface area contributed by atoms with Gasteiger partial charge in [0, 0.05) is 30.3 Å². The molecular formula is C28H27F5N6O5. The Bertz CT molecular complexity index is 1640. The summed E-state index contributed by atoms with van der Waals surface area (Å²) in [5.41, 5.74) is 13.7. The van der Waals surface area contributed by atoms with Gasteiger partial charge in [-0.05, 0) is 60.8 Å². The van der Waals surface area contributed by atoms with Crippen molar-refractivity contribution in [2.75, 3.05) is 13.1 Å². The number of carbonyl (C=O) groups is 2. The van der Waals surface area contributed by atoms with Crippen LogP contribution in [-0.2, 0) is 11.3 Å². The van der Waals surface area contributed by atoms with E-state index >= 15 is 0 Å². The number of carboxylic acids is 1. The zero-order valence-corrected chi connectivity index (χ0v) is 22.9. The quantitative estimate of drug-likeness (QED) is 0.114. The van der Waals surface area contributed by atoms with E-state index in [9.17, 15) is 36.9 Å². The van der Waals surface area contributed by atoms with Gasteiger partial charge in [-0.3, -0.25) is 14.9 Å². The summed E-state index contributed by atoms with van der Waals surface area (Å²) in [4.78, 5) is 37.1. The molecule has 1 amide bonds. The molecule has 0 unspecified atom stereocenters. The number of nitro benzene ring substituents is 1. The standard InChI is InChI=1S/C26H26F2N6O3.C2HF3O2/c27-19-6-3-16(4-7-19)17-5-10-23-24(13-17)33(15-18-12-21(34(36)37)8-9-22(18)28)25(32-23)26(35)31-14-20(30)2-1-11-29;3-2(4,5)1(6)7/h3-10,12-13,20H,1-2,11,14-15,29-30H2,(H,31,35);(H,6,7)/t20-;/m0./s1. The fraction of sp³-hybridized carbons (Fsp3) is 0.250. The molecule has 0 aliphatic rings. The Morgan fingerprint density at radius 3 is 2.27 bits per heavy atom. The Morgan fingerprint density at radius 1 is 1.05 bits per heavy atom. The molecular weight excluding hydrogens is 595 g/mol. The number of nitrogens with two attached hydrogens (primary N) is 2. The van der Waals surface area contributed by atoms with Crippen LogP contribution in [0, 0.1) is 21.7 Å². The van der Waals surface area contributed by atoms with Crippen molar-refractivity contribution >= 4 is 28.6 Å². The number of carboxylic acid groups (broad SMARTS) is 1. The lowest BCUT2D eigenvalue weighted by Gasteiger charge is -2.14. The number of fused-ring (bicyclic) bond motifs is 1. The first-order chi connectivity index (χ1) is 20.7. The monoisotopic (exact) mass is 622 g/mol. The number of aromatic nitrogens is 2. The van der Waals surface area contributed by atoms with Crippen molar-refractivity contribution in [1.82, 2.24) is 14.9 Å². The zero-order chi connectivity index (χ0) is 32.6. The highest BCUT2D eigenvalue weighted by molar-refractivity contribution is 5.95. The molecule has 3 aromatic carbocycles. The minimum Gasteiger partial charge on any atom is -0.475 e. The number of aliphatic carboxylic acids is 1. The summed E-state index contributed by atoms with van der Waals surface area (Å²) >= 11 is 0. The van der Waals surface area contributed by atoms with Crippen LogP contribution in [0.3, 0.4) is 0 Å². The fourth-order valence-electron chi connectivity index (χ4n) is 4.03. The highest BCUT2D eigenvalue weighted by Gasteiger charge is 2.38. The van der Waals surface area contributed by atoms with Crippen molar-refractivity contribution in [3.8, 4) is 11.1 Å². The molecule has 0 saturated heterocycles. The van der Waals surface area contributed by atoms with Crippen molar-refractivity contribution in [3.63, 3.8) is 0 Å². The molecule has 4 rings (SSSR count). The number of hydrogen-bond acceptors (Lipinski definition) is 7. The van der Waals surface area contributed by atoms with Crippen LogP contribution in [0.5, 0.6) is 0 Å². The molecule has 0 radical (unpaired) electrons. The molecule has 0 saturated carbocycles. The number of imidazole rings is 1. The van der Waals surface area contributed by atoms with Crippen molar-refractivity contribution in [1.29, 1.82) is 0 Å². The van der Waals surface area contributed by atoms with Crippen molar-refractivity contribution in [2.24, 2.45) is 11.5 Å². The number of nitrogens with one attached hydrogen (secondary N) is 1. The van der Waals surface area contributed by atoms with Crippen LogP contribution in [-0.4, -0.2) is 56.8 Å². The summed E-state index contributed by atoms with van der Waals surface area (Å²) in [6.45, 7) is 0.496. The summed E-state index contributed by atoms with van der Waals surface area (Å²) < 4.78 is 61.4. The van der Waals surface area contributed by atoms with Gasteiger partial charge in [0.1, 0.15) is 11.6 Å². The van der Waals surface area contributed by atoms with Gasteiger partial charge in [0.05, 0.1) is 22.5 Å². The number of benzene rings is 3. The fourth-order valence-corrected chi connectivity index (χ4v) is 4.03. The van der Waals surface area contributed by atoms with E-state index in [2.05, 4.69) is 10.3 Å².